The quantitative estimate of drug-likeness (QED) is 0.697. The molecule has 0 spiro atoms. The van der Waals surface area contributed by atoms with E-state index < -0.39 is 0 Å². The van der Waals surface area contributed by atoms with Crippen LogP contribution >= 0.6 is 0 Å². The lowest BCUT2D eigenvalue weighted by molar-refractivity contribution is -0.139. The van der Waals surface area contributed by atoms with Crippen molar-refractivity contribution in [3.63, 3.8) is 0 Å². The number of benzene rings is 2. The Morgan fingerprint density at radius 2 is 1.71 bits per heavy atom. The Bertz CT molecular complexity index is 936. The van der Waals surface area contributed by atoms with Gasteiger partial charge in [0.15, 0.2) is 17.6 Å². The molecule has 1 atom stereocenters. The van der Waals surface area contributed by atoms with Crippen LogP contribution in [0.25, 0.3) is 6.08 Å². The lowest BCUT2D eigenvalue weighted by Gasteiger charge is -2.34. The number of fused-ring (bicyclic) bond motifs is 1. The van der Waals surface area contributed by atoms with E-state index in [1.54, 1.807) is 11.0 Å². The normalized spacial score (nSPS) is 18.7. The molecule has 0 aliphatic carbocycles. The number of rotatable bonds is 5. The van der Waals surface area contributed by atoms with Crippen LogP contribution in [0.15, 0.2) is 60.7 Å². The molecule has 2 amide bonds. The van der Waals surface area contributed by atoms with E-state index in [2.05, 4.69) is 0 Å². The molecule has 0 N–H and O–H groups in total. The summed E-state index contributed by atoms with van der Waals surface area (Å²) >= 11 is 0. The number of piperidine rings is 1. The maximum atomic E-state index is 12.9. The average Bonchev–Trinajstić information content (AvgIpc) is 2.82. The first-order valence-electron chi connectivity index (χ1n) is 10.8. The van der Waals surface area contributed by atoms with Crippen LogP contribution in [0, 0.1) is 5.92 Å². The van der Waals surface area contributed by atoms with Gasteiger partial charge in [-0.2, -0.15) is 0 Å². The Morgan fingerprint density at radius 3 is 2.45 bits per heavy atom. The average molecular weight is 421 g/mol. The van der Waals surface area contributed by atoms with E-state index in [1.165, 1.54) is 0 Å². The zero-order valence-corrected chi connectivity index (χ0v) is 17.8. The van der Waals surface area contributed by atoms with Crippen LogP contribution in [-0.4, -0.2) is 61.0 Å². The van der Waals surface area contributed by atoms with Crippen LogP contribution in [0.4, 0.5) is 0 Å². The third-order valence-electron chi connectivity index (χ3n) is 5.80. The van der Waals surface area contributed by atoms with Gasteiger partial charge < -0.3 is 19.3 Å². The Hall–Kier alpha value is -3.28. The summed E-state index contributed by atoms with van der Waals surface area (Å²) in [6.45, 7) is 2.10. The molecule has 0 radical (unpaired) electrons. The van der Waals surface area contributed by atoms with Gasteiger partial charge in [0.05, 0.1) is 6.54 Å². The SMILES string of the molecule is CN(C[C@@H]1COc2ccccc2O1)C(=O)C1CCN(C(=O)/C=C/c2ccccc2)CC1. The van der Waals surface area contributed by atoms with Crippen molar-refractivity contribution in [2.24, 2.45) is 5.92 Å². The van der Waals surface area contributed by atoms with E-state index in [9.17, 15) is 9.59 Å². The van der Waals surface area contributed by atoms with Crippen molar-refractivity contribution >= 4 is 17.9 Å². The first-order valence-corrected chi connectivity index (χ1v) is 10.8. The molecule has 2 aliphatic rings. The number of carbonyl (C=O) groups excluding carboxylic acids is 2. The smallest absolute Gasteiger partial charge is 0.246 e. The summed E-state index contributed by atoms with van der Waals surface area (Å²) in [6, 6.07) is 17.3. The van der Waals surface area contributed by atoms with Gasteiger partial charge in [-0.05, 0) is 36.6 Å². The van der Waals surface area contributed by atoms with Gasteiger partial charge in [0, 0.05) is 32.1 Å². The van der Waals surface area contributed by atoms with Gasteiger partial charge >= 0.3 is 0 Å². The Kier molecular flexibility index (Phi) is 6.55. The second-order valence-electron chi connectivity index (χ2n) is 8.06. The fourth-order valence-corrected chi connectivity index (χ4v) is 4.04. The lowest BCUT2D eigenvalue weighted by Crippen LogP contribution is -2.46. The molecule has 2 aliphatic heterocycles. The fraction of sp³-hybridized carbons (Fsp3) is 0.360. The summed E-state index contributed by atoms with van der Waals surface area (Å²) in [6.07, 6.45) is 4.62. The topological polar surface area (TPSA) is 59.1 Å². The first-order chi connectivity index (χ1) is 15.1. The van der Waals surface area contributed by atoms with E-state index >= 15 is 0 Å². The summed E-state index contributed by atoms with van der Waals surface area (Å²) in [5.41, 5.74) is 0.999. The second kappa shape index (κ2) is 9.69. The number of nitrogens with zero attached hydrogens (tertiary/aromatic N) is 2. The van der Waals surface area contributed by atoms with Crippen molar-refractivity contribution in [3.05, 3.63) is 66.2 Å². The first kappa shape index (κ1) is 21.0. The minimum absolute atomic E-state index is 0.00507. The van der Waals surface area contributed by atoms with Crippen molar-refractivity contribution < 1.29 is 19.1 Å². The number of amides is 2. The number of likely N-dealkylation sites (N-methyl/N-ethyl adjacent to an activating group) is 1. The molecule has 2 aromatic rings. The van der Waals surface area contributed by atoms with Crippen LogP contribution in [0.2, 0.25) is 0 Å². The van der Waals surface area contributed by atoms with Crippen LogP contribution < -0.4 is 9.47 Å². The molecule has 0 aromatic heterocycles. The molecular formula is C25H28N2O4. The lowest BCUT2D eigenvalue weighted by atomic mass is 9.95. The highest BCUT2D eigenvalue weighted by molar-refractivity contribution is 5.92. The number of carbonyl (C=O) groups is 2. The number of likely N-dealkylation sites (tertiary alicyclic amines) is 1. The molecule has 1 fully saturated rings. The standard InChI is InChI=1S/C25H28N2O4/c1-26(17-21-18-30-22-9-5-6-10-23(22)31-21)25(29)20-13-15-27(16-14-20)24(28)12-11-19-7-3-2-4-8-19/h2-12,20-21H,13-18H2,1H3/b12-11+/t21-/m1/s1. The maximum absolute atomic E-state index is 12.9. The highest BCUT2D eigenvalue weighted by Crippen LogP contribution is 2.31. The molecule has 0 saturated carbocycles. The number of hydrogen-bond donors (Lipinski definition) is 0. The van der Waals surface area contributed by atoms with Crippen LogP contribution in [0.3, 0.4) is 0 Å². The molecule has 4 rings (SSSR count). The number of ether oxygens (including phenoxy) is 2. The Labute approximate surface area is 183 Å². The monoisotopic (exact) mass is 420 g/mol. The fourth-order valence-electron chi connectivity index (χ4n) is 4.04. The van der Waals surface area contributed by atoms with E-state index in [-0.39, 0.29) is 23.8 Å². The van der Waals surface area contributed by atoms with Gasteiger partial charge in [-0.3, -0.25) is 9.59 Å². The van der Waals surface area contributed by atoms with Crippen LogP contribution in [-0.2, 0) is 9.59 Å². The summed E-state index contributed by atoms with van der Waals surface area (Å²) in [7, 11) is 1.81. The summed E-state index contributed by atoms with van der Waals surface area (Å²) in [4.78, 5) is 28.9. The van der Waals surface area contributed by atoms with Gasteiger partial charge in [0.1, 0.15) is 6.61 Å². The van der Waals surface area contributed by atoms with Gasteiger partial charge in [-0.25, -0.2) is 0 Å². The van der Waals surface area contributed by atoms with Gasteiger partial charge in [-0.1, -0.05) is 42.5 Å². The highest BCUT2D eigenvalue weighted by atomic mass is 16.6. The molecule has 6 heteroatoms. The minimum Gasteiger partial charge on any atom is -0.486 e. The number of hydrogen-bond acceptors (Lipinski definition) is 4. The summed E-state index contributed by atoms with van der Waals surface area (Å²) in [5.74, 6) is 1.49. The van der Waals surface area contributed by atoms with Gasteiger partial charge in [0.25, 0.3) is 0 Å². The van der Waals surface area contributed by atoms with Crippen molar-refractivity contribution in [3.8, 4) is 11.5 Å². The summed E-state index contributed by atoms with van der Waals surface area (Å²) in [5, 5.41) is 0. The van der Waals surface area contributed by atoms with Crippen molar-refractivity contribution in [2.75, 3.05) is 33.3 Å². The predicted molar refractivity (Wildman–Crippen MR) is 119 cm³/mol. The molecule has 2 aromatic carbocycles. The van der Waals surface area contributed by atoms with Crippen molar-refractivity contribution in [1.82, 2.24) is 9.80 Å². The zero-order chi connectivity index (χ0) is 21.6. The van der Waals surface area contributed by atoms with Crippen LogP contribution in [0.1, 0.15) is 18.4 Å². The molecule has 6 nitrogen and oxygen atoms in total. The third kappa shape index (κ3) is 5.26. The van der Waals surface area contributed by atoms with E-state index in [0.717, 1.165) is 17.1 Å². The van der Waals surface area contributed by atoms with Crippen LogP contribution in [0.5, 0.6) is 11.5 Å². The summed E-state index contributed by atoms with van der Waals surface area (Å²) < 4.78 is 11.7. The van der Waals surface area contributed by atoms with E-state index in [0.29, 0.717) is 39.1 Å². The van der Waals surface area contributed by atoms with Crippen molar-refractivity contribution in [2.45, 2.75) is 18.9 Å². The highest BCUT2D eigenvalue weighted by Gasteiger charge is 2.30. The van der Waals surface area contributed by atoms with E-state index in [4.69, 9.17) is 9.47 Å². The third-order valence-corrected chi connectivity index (χ3v) is 5.80. The second-order valence-corrected chi connectivity index (χ2v) is 8.06. The molecular weight excluding hydrogens is 392 g/mol. The molecule has 1 saturated heterocycles. The largest absolute Gasteiger partial charge is 0.486 e. The van der Waals surface area contributed by atoms with Gasteiger partial charge in [-0.15, -0.1) is 0 Å². The number of para-hydroxylation sites is 2. The predicted octanol–water partition coefficient (Wildman–Crippen LogP) is 3.24. The molecule has 0 unspecified atom stereocenters. The Balaban J connectivity index is 1.24. The molecule has 0 bridgehead atoms. The zero-order valence-electron chi connectivity index (χ0n) is 17.8. The maximum Gasteiger partial charge on any atom is 0.246 e. The minimum atomic E-state index is -0.186. The van der Waals surface area contributed by atoms with E-state index in [1.807, 2.05) is 72.6 Å². The molecule has 162 valence electrons. The van der Waals surface area contributed by atoms with Crippen molar-refractivity contribution in [1.29, 1.82) is 0 Å². The Morgan fingerprint density at radius 1 is 1.03 bits per heavy atom. The van der Waals surface area contributed by atoms with Gasteiger partial charge in [0.2, 0.25) is 11.8 Å². The molecule has 2 heterocycles. The molecule has 31 heavy (non-hydrogen) atoms.